The molecule has 0 spiro atoms. The third kappa shape index (κ3) is 3.42. The number of para-hydroxylation sites is 2. The van der Waals surface area contributed by atoms with Gasteiger partial charge in [-0.2, -0.15) is 0 Å². The number of phenolic OH excluding ortho intramolecular Hbond substituents is 1. The number of aliphatic hydroxyl groups is 1. The fraction of sp³-hybridized carbons (Fsp3) is 0.538. The normalized spacial score (nSPS) is 13.5. The van der Waals surface area contributed by atoms with Crippen LogP contribution in [0.25, 0.3) is 0 Å². The fourth-order valence-electron chi connectivity index (χ4n) is 1.35. The Labute approximate surface area is 96.7 Å². The van der Waals surface area contributed by atoms with Gasteiger partial charge in [-0.25, -0.2) is 0 Å². The van der Waals surface area contributed by atoms with Crippen molar-refractivity contribution in [1.29, 1.82) is 0 Å². The number of phenols is 1. The van der Waals surface area contributed by atoms with E-state index in [4.69, 9.17) is 4.74 Å². The molecule has 2 N–H and O–H groups in total. The van der Waals surface area contributed by atoms with E-state index in [0.29, 0.717) is 12.4 Å². The molecule has 90 valence electrons. The maximum absolute atomic E-state index is 9.51. The van der Waals surface area contributed by atoms with E-state index >= 15 is 0 Å². The SMILES string of the molecule is CC(C)(C)C(CO)COc1ccccc1O. The number of aromatic hydroxyl groups is 1. The maximum Gasteiger partial charge on any atom is 0.160 e. The highest BCUT2D eigenvalue weighted by Crippen LogP contribution is 2.29. The summed E-state index contributed by atoms with van der Waals surface area (Å²) in [5.74, 6) is 0.644. The van der Waals surface area contributed by atoms with Crippen molar-refractivity contribution in [3.63, 3.8) is 0 Å². The van der Waals surface area contributed by atoms with E-state index in [1.54, 1.807) is 24.3 Å². The van der Waals surface area contributed by atoms with Gasteiger partial charge < -0.3 is 14.9 Å². The smallest absolute Gasteiger partial charge is 0.160 e. The predicted molar refractivity (Wildman–Crippen MR) is 63.6 cm³/mol. The molecule has 16 heavy (non-hydrogen) atoms. The van der Waals surface area contributed by atoms with Gasteiger partial charge in [-0.3, -0.25) is 0 Å². The summed E-state index contributed by atoms with van der Waals surface area (Å²) in [6.07, 6.45) is 0. The second-order valence-corrected chi connectivity index (χ2v) is 5.02. The molecule has 0 aliphatic carbocycles. The van der Waals surface area contributed by atoms with Crippen LogP contribution < -0.4 is 4.74 Å². The lowest BCUT2D eigenvalue weighted by atomic mass is 9.82. The minimum Gasteiger partial charge on any atom is -0.504 e. The van der Waals surface area contributed by atoms with E-state index in [1.807, 2.05) is 0 Å². The first-order valence-corrected chi connectivity index (χ1v) is 5.47. The Hall–Kier alpha value is -1.22. The molecule has 0 aromatic heterocycles. The highest BCUT2D eigenvalue weighted by Gasteiger charge is 2.24. The van der Waals surface area contributed by atoms with Crippen molar-refractivity contribution < 1.29 is 14.9 Å². The van der Waals surface area contributed by atoms with Crippen molar-refractivity contribution in [3.05, 3.63) is 24.3 Å². The van der Waals surface area contributed by atoms with Crippen LogP contribution >= 0.6 is 0 Å². The van der Waals surface area contributed by atoms with Crippen molar-refractivity contribution >= 4 is 0 Å². The van der Waals surface area contributed by atoms with Gasteiger partial charge in [-0.1, -0.05) is 32.9 Å². The molecule has 3 heteroatoms. The first kappa shape index (κ1) is 12.8. The van der Waals surface area contributed by atoms with Crippen LogP contribution in [0.4, 0.5) is 0 Å². The topological polar surface area (TPSA) is 49.7 Å². The van der Waals surface area contributed by atoms with Gasteiger partial charge in [0, 0.05) is 12.5 Å². The zero-order chi connectivity index (χ0) is 12.2. The summed E-state index contributed by atoms with van der Waals surface area (Å²) in [4.78, 5) is 0. The molecule has 3 nitrogen and oxygen atoms in total. The first-order valence-electron chi connectivity index (χ1n) is 5.47. The average molecular weight is 224 g/mol. The van der Waals surface area contributed by atoms with E-state index in [9.17, 15) is 10.2 Å². The molecule has 1 rings (SSSR count). The predicted octanol–water partition coefficient (Wildman–Crippen LogP) is 2.43. The Morgan fingerprint density at radius 2 is 1.88 bits per heavy atom. The Kier molecular flexibility index (Phi) is 4.19. The molecule has 0 heterocycles. The molecule has 1 aromatic rings. The molecule has 1 atom stereocenters. The summed E-state index contributed by atoms with van der Waals surface area (Å²) >= 11 is 0. The van der Waals surface area contributed by atoms with E-state index in [-0.39, 0.29) is 23.7 Å². The zero-order valence-corrected chi connectivity index (χ0v) is 10.1. The van der Waals surface area contributed by atoms with Gasteiger partial charge in [0.25, 0.3) is 0 Å². The largest absolute Gasteiger partial charge is 0.504 e. The van der Waals surface area contributed by atoms with Crippen LogP contribution in [-0.4, -0.2) is 23.4 Å². The summed E-state index contributed by atoms with van der Waals surface area (Å²) in [7, 11) is 0. The van der Waals surface area contributed by atoms with Gasteiger partial charge in [-0.05, 0) is 17.5 Å². The molecule has 0 bridgehead atoms. The van der Waals surface area contributed by atoms with Crippen LogP contribution in [0.3, 0.4) is 0 Å². The van der Waals surface area contributed by atoms with Crippen molar-refractivity contribution in [2.45, 2.75) is 20.8 Å². The highest BCUT2D eigenvalue weighted by molar-refractivity contribution is 5.37. The van der Waals surface area contributed by atoms with Gasteiger partial charge in [0.2, 0.25) is 0 Å². The number of hydrogen-bond donors (Lipinski definition) is 2. The average Bonchev–Trinajstić information content (AvgIpc) is 2.19. The summed E-state index contributed by atoms with van der Waals surface area (Å²) < 4.78 is 5.51. The molecule has 0 saturated heterocycles. The number of aliphatic hydroxyl groups excluding tert-OH is 1. The van der Waals surface area contributed by atoms with Gasteiger partial charge in [0.15, 0.2) is 11.5 Å². The summed E-state index contributed by atoms with van der Waals surface area (Å²) in [5, 5.41) is 18.8. The first-order chi connectivity index (χ1) is 7.45. The van der Waals surface area contributed by atoms with E-state index in [0.717, 1.165) is 0 Å². The van der Waals surface area contributed by atoms with Crippen molar-refractivity contribution in [2.24, 2.45) is 11.3 Å². The summed E-state index contributed by atoms with van der Waals surface area (Å²) in [6, 6.07) is 6.85. The minimum atomic E-state index is -0.0147. The van der Waals surface area contributed by atoms with Gasteiger partial charge in [0.1, 0.15) is 0 Å². The third-order valence-corrected chi connectivity index (χ3v) is 2.75. The van der Waals surface area contributed by atoms with Gasteiger partial charge in [0.05, 0.1) is 6.61 Å². The molecule has 0 amide bonds. The van der Waals surface area contributed by atoms with Crippen LogP contribution in [0.15, 0.2) is 24.3 Å². The van der Waals surface area contributed by atoms with Crippen molar-refractivity contribution in [1.82, 2.24) is 0 Å². The van der Waals surface area contributed by atoms with Crippen LogP contribution in [0.2, 0.25) is 0 Å². The highest BCUT2D eigenvalue weighted by atomic mass is 16.5. The molecular weight excluding hydrogens is 204 g/mol. The quantitative estimate of drug-likeness (QED) is 0.825. The molecule has 0 fully saturated rings. The Morgan fingerprint density at radius 3 is 2.38 bits per heavy atom. The Bertz CT molecular complexity index is 328. The second kappa shape index (κ2) is 5.21. The molecule has 0 aliphatic heterocycles. The minimum absolute atomic E-state index is 0.0147. The summed E-state index contributed by atoms with van der Waals surface area (Å²) in [6.45, 7) is 6.65. The van der Waals surface area contributed by atoms with Crippen LogP contribution in [0, 0.1) is 11.3 Å². The molecule has 0 aliphatic rings. The molecule has 1 aromatic carbocycles. The second-order valence-electron chi connectivity index (χ2n) is 5.02. The molecule has 1 unspecified atom stereocenters. The summed E-state index contributed by atoms with van der Waals surface area (Å²) in [5.41, 5.74) is -0.0147. The number of hydrogen-bond acceptors (Lipinski definition) is 3. The number of benzene rings is 1. The lowest BCUT2D eigenvalue weighted by molar-refractivity contribution is 0.0806. The van der Waals surface area contributed by atoms with Crippen molar-refractivity contribution in [3.8, 4) is 11.5 Å². The lowest BCUT2D eigenvalue weighted by Crippen LogP contribution is -2.29. The zero-order valence-electron chi connectivity index (χ0n) is 10.1. The third-order valence-electron chi connectivity index (χ3n) is 2.75. The standard InChI is InChI=1S/C13H20O3/c1-13(2,3)10(8-14)9-16-12-7-5-4-6-11(12)15/h4-7,10,14-15H,8-9H2,1-3H3. The van der Waals surface area contributed by atoms with Crippen molar-refractivity contribution in [2.75, 3.05) is 13.2 Å². The van der Waals surface area contributed by atoms with Gasteiger partial charge >= 0.3 is 0 Å². The monoisotopic (exact) mass is 224 g/mol. The van der Waals surface area contributed by atoms with E-state index in [1.165, 1.54) is 0 Å². The van der Waals surface area contributed by atoms with E-state index < -0.39 is 0 Å². The number of rotatable bonds is 4. The maximum atomic E-state index is 9.51. The number of ether oxygens (including phenoxy) is 1. The van der Waals surface area contributed by atoms with Crippen LogP contribution in [0.1, 0.15) is 20.8 Å². The molecule has 0 radical (unpaired) electrons. The molecular formula is C13H20O3. The lowest BCUT2D eigenvalue weighted by Gasteiger charge is -2.28. The van der Waals surface area contributed by atoms with Crippen LogP contribution in [-0.2, 0) is 0 Å². The van der Waals surface area contributed by atoms with Crippen LogP contribution in [0.5, 0.6) is 11.5 Å². The fourth-order valence-corrected chi connectivity index (χ4v) is 1.35. The Morgan fingerprint density at radius 1 is 1.25 bits per heavy atom. The van der Waals surface area contributed by atoms with Gasteiger partial charge in [-0.15, -0.1) is 0 Å². The molecule has 0 saturated carbocycles. The van der Waals surface area contributed by atoms with E-state index in [2.05, 4.69) is 20.8 Å². The Balaban J connectivity index is 2.60.